The molecule has 0 aromatic heterocycles. The summed E-state index contributed by atoms with van der Waals surface area (Å²) in [6, 6.07) is 0.774. The highest BCUT2D eigenvalue weighted by Crippen LogP contribution is 2.20. The van der Waals surface area contributed by atoms with Crippen molar-refractivity contribution in [1.29, 1.82) is 0 Å². The number of hydrogen-bond acceptors (Lipinski definition) is 3. The number of nitrogens with zero attached hydrogens (tertiary/aromatic N) is 1. The van der Waals surface area contributed by atoms with Gasteiger partial charge in [-0.2, -0.15) is 0 Å². The van der Waals surface area contributed by atoms with E-state index >= 15 is 0 Å². The topological polar surface area (TPSA) is 41.6 Å². The molecule has 0 aromatic carbocycles. The van der Waals surface area contributed by atoms with E-state index in [9.17, 15) is 4.79 Å². The average Bonchev–Trinajstić information content (AvgIpc) is 2.71. The molecule has 1 heterocycles. The molecule has 1 saturated heterocycles. The van der Waals surface area contributed by atoms with Crippen LogP contribution in [-0.2, 0) is 4.74 Å². The third-order valence-electron chi connectivity index (χ3n) is 3.53. The highest BCUT2D eigenvalue weighted by Gasteiger charge is 2.32. The molecule has 0 radical (unpaired) electrons. The van der Waals surface area contributed by atoms with E-state index < -0.39 is 5.60 Å². The van der Waals surface area contributed by atoms with Crippen molar-refractivity contribution >= 4 is 6.09 Å². The summed E-state index contributed by atoms with van der Waals surface area (Å²) >= 11 is 0. The van der Waals surface area contributed by atoms with Crippen LogP contribution in [0.4, 0.5) is 4.79 Å². The molecule has 2 atom stereocenters. The molecule has 118 valence electrons. The van der Waals surface area contributed by atoms with Gasteiger partial charge in [0.15, 0.2) is 0 Å². The zero-order chi connectivity index (χ0) is 15.3. The summed E-state index contributed by atoms with van der Waals surface area (Å²) in [5.74, 6) is 0.697. The zero-order valence-corrected chi connectivity index (χ0v) is 14.0. The largest absolute Gasteiger partial charge is 0.444 e. The maximum absolute atomic E-state index is 12.2. The molecule has 20 heavy (non-hydrogen) atoms. The maximum Gasteiger partial charge on any atom is 0.410 e. The fourth-order valence-corrected chi connectivity index (χ4v) is 2.74. The van der Waals surface area contributed by atoms with Crippen LogP contribution in [0.15, 0.2) is 0 Å². The molecule has 0 aromatic rings. The second kappa shape index (κ2) is 7.30. The van der Waals surface area contributed by atoms with Crippen LogP contribution in [0.3, 0.4) is 0 Å². The molecule has 1 N–H and O–H groups in total. The Balaban J connectivity index is 2.43. The van der Waals surface area contributed by atoms with Crippen molar-refractivity contribution in [2.75, 3.05) is 13.1 Å². The molecule has 1 fully saturated rings. The van der Waals surface area contributed by atoms with Gasteiger partial charge in [-0.1, -0.05) is 13.8 Å². The summed E-state index contributed by atoms with van der Waals surface area (Å²) in [5, 5.41) is 3.55. The van der Waals surface area contributed by atoms with Gasteiger partial charge in [0.1, 0.15) is 5.60 Å². The zero-order valence-electron chi connectivity index (χ0n) is 14.0. The minimum absolute atomic E-state index is 0.168. The third kappa shape index (κ3) is 6.12. The molecule has 0 aliphatic carbocycles. The molecule has 2 unspecified atom stereocenters. The van der Waals surface area contributed by atoms with Crippen molar-refractivity contribution in [3.8, 4) is 0 Å². The summed E-state index contributed by atoms with van der Waals surface area (Å²) in [4.78, 5) is 14.1. The first-order valence-electron chi connectivity index (χ1n) is 7.92. The minimum atomic E-state index is -0.414. The smallest absolute Gasteiger partial charge is 0.410 e. The molecule has 1 aliphatic heterocycles. The fraction of sp³-hybridized carbons (Fsp3) is 0.938. The van der Waals surface area contributed by atoms with E-state index in [1.165, 1.54) is 6.42 Å². The number of nitrogens with one attached hydrogen (secondary N) is 1. The van der Waals surface area contributed by atoms with Crippen LogP contribution in [0.1, 0.15) is 60.8 Å². The summed E-state index contributed by atoms with van der Waals surface area (Å²) in [6.45, 7) is 14.1. The number of hydrogen-bond donors (Lipinski definition) is 1. The number of carbonyl (C=O) groups excluding carboxylic acids is 1. The Morgan fingerprint density at radius 1 is 1.35 bits per heavy atom. The van der Waals surface area contributed by atoms with Gasteiger partial charge in [0, 0.05) is 25.2 Å². The van der Waals surface area contributed by atoms with E-state index in [-0.39, 0.29) is 12.1 Å². The quantitative estimate of drug-likeness (QED) is 0.841. The molecule has 0 spiro atoms. The minimum Gasteiger partial charge on any atom is -0.444 e. The van der Waals surface area contributed by atoms with E-state index in [0.717, 1.165) is 25.9 Å². The summed E-state index contributed by atoms with van der Waals surface area (Å²) in [5.41, 5.74) is -0.414. The summed E-state index contributed by atoms with van der Waals surface area (Å²) in [7, 11) is 0. The Kier molecular flexibility index (Phi) is 6.31. The molecule has 1 rings (SSSR count). The lowest BCUT2D eigenvalue weighted by Gasteiger charge is -2.29. The van der Waals surface area contributed by atoms with E-state index in [0.29, 0.717) is 12.0 Å². The maximum atomic E-state index is 12.2. The predicted octanol–water partition coefficient (Wildman–Crippen LogP) is 3.41. The van der Waals surface area contributed by atoms with E-state index in [4.69, 9.17) is 4.74 Å². The van der Waals surface area contributed by atoms with Gasteiger partial charge >= 0.3 is 6.09 Å². The number of rotatable bonds is 5. The molecule has 0 bridgehead atoms. The van der Waals surface area contributed by atoms with Gasteiger partial charge in [-0.05, 0) is 52.9 Å². The molecule has 1 amide bonds. The van der Waals surface area contributed by atoms with Crippen LogP contribution >= 0.6 is 0 Å². The van der Waals surface area contributed by atoms with Gasteiger partial charge in [0.25, 0.3) is 0 Å². The van der Waals surface area contributed by atoms with Crippen molar-refractivity contribution in [3.63, 3.8) is 0 Å². The molecular weight excluding hydrogens is 252 g/mol. The second-order valence-electron chi connectivity index (χ2n) is 7.41. The molecule has 1 aliphatic rings. The Morgan fingerprint density at radius 3 is 2.55 bits per heavy atom. The Labute approximate surface area is 124 Å². The van der Waals surface area contributed by atoms with Crippen molar-refractivity contribution in [2.45, 2.75) is 78.5 Å². The highest BCUT2D eigenvalue weighted by atomic mass is 16.6. The number of likely N-dealkylation sites (tertiary alicyclic amines) is 1. The first-order chi connectivity index (χ1) is 9.19. The van der Waals surface area contributed by atoms with Gasteiger partial charge in [-0.25, -0.2) is 4.79 Å². The Hall–Kier alpha value is -0.770. The summed E-state index contributed by atoms with van der Waals surface area (Å²) < 4.78 is 5.48. The van der Waals surface area contributed by atoms with Crippen LogP contribution in [-0.4, -0.2) is 41.8 Å². The van der Waals surface area contributed by atoms with Crippen LogP contribution < -0.4 is 5.32 Å². The van der Waals surface area contributed by atoms with Crippen molar-refractivity contribution in [2.24, 2.45) is 5.92 Å². The van der Waals surface area contributed by atoms with E-state index in [1.807, 2.05) is 25.7 Å². The number of carbonyl (C=O) groups is 1. The number of amides is 1. The van der Waals surface area contributed by atoms with Crippen molar-refractivity contribution in [1.82, 2.24) is 10.2 Å². The predicted molar refractivity (Wildman–Crippen MR) is 82.9 cm³/mol. The number of ether oxygens (including phenoxy) is 1. The summed E-state index contributed by atoms with van der Waals surface area (Å²) in [6.07, 6.45) is 3.14. The lowest BCUT2D eigenvalue weighted by atomic mass is 10.0. The van der Waals surface area contributed by atoms with Gasteiger partial charge in [-0.15, -0.1) is 0 Å². The van der Waals surface area contributed by atoms with Gasteiger partial charge < -0.3 is 15.0 Å². The first kappa shape index (κ1) is 17.3. The molecular formula is C16H32N2O2. The van der Waals surface area contributed by atoms with Crippen LogP contribution in [0.2, 0.25) is 0 Å². The van der Waals surface area contributed by atoms with Gasteiger partial charge in [-0.3, -0.25) is 0 Å². The fourth-order valence-electron chi connectivity index (χ4n) is 2.74. The van der Waals surface area contributed by atoms with Gasteiger partial charge in [0.2, 0.25) is 0 Å². The Bertz CT molecular complexity index is 310. The van der Waals surface area contributed by atoms with E-state index in [2.05, 4.69) is 26.1 Å². The monoisotopic (exact) mass is 284 g/mol. The normalized spacial score (nSPS) is 21.4. The highest BCUT2D eigenvalue weighted by molar-refractivity contribution is 5.69. The Morgan fingerprint density at radius 2 is 2.00 bits per heavy atom. The molecule has 4 nitrogen and oxygen atoms in total. The molecule has 0 saturated carbocycles. The third-order valence-corrected chi connectivity index (χ3v) is 3.53. The average molecular weight is 284 g/mol. The van der Waals surface area contributed by atoms with Crippen LogP contribution in [0.25, 0.3) is 0 Å². The van der Waals surface area contributed by atoms with Crippen LogP contribution in [0, 0.1) is 5.92 Å². The molecule has 4 heteroatoms. The van der Waals surface area contributed by atoms with Crippen molar-refractivity contribution < 1.29 is 9.53 Å². The van der Waals surface area contributed by atoms with Crippen LogP contribution in [0.5, 0.6) is 0 Å². The lowest BCUT2D eigenvalue weighted by molar-refractivity contribution is 0.0224. The van der Waals surface area contributed by atoms with Crippen molar-refractivity contribution in [3.05, 3.63) is 0 Å². The lowest BCUT2D eigenvalue weighted by Crippen LogP contribution is -2.45. The standard InChI is InChI=1S/C16H32N2O2/c1-12(2)10-13(3)17-11-14-8-7-9-18(14)15(19)20-16(4,5)6/h12-14,17H,7-11H2,1-6H3. The van der Waals surface area contributed by atoms with Gasteiger partial charge in [0.05, 0.1) is 0 Å². The van der Waals surface area contributed by atoms with E-state index in [1.54, 1.807) is 0 Å². The SMILES string of the molecule is CC(C)CC(C)NCC1CCCN1C(=O)OC(C)(C)C. The first-order valence-corrected chi connectivity index (χ1v) is 7.92. The second-order valence-corrected chi connectivity index (χ2v) is 7.41.